The maximum absolute atomic E-state index is 12.2. The van der Waals surface area contributed by atoms with E-state index in [0.717, 1.165) is 0 Å². The summed E-state index contributed by atoms with van der Waals surface area (Å²) < 4.78 is 0. The summed E-state index contributed by atoms with van der Waals surface area (Å²) in [6.45, 7) is 2.13. The molecule has 1 saturated heterocycles. The van der Waals surface area contributed by atoms with E-state index in [-0.39, 0.29) is 30.9 Å². The number of nitrogens with one attached hydrogen (secondary N) is 1. The molecule has 2 amide bonds. The topological polar surface area (TPSA) is 69.6 Å². The first kappa shape index (κ1) is 17.1. The van der Waals surface area contributed by atoms with Gasteiger partial charge in [0, 0.05) is 41.3 Å². The number of aliphatic hydroxyl groups excluding tert-OH is 1. The molecule has 1 aliphatic heterocycles. The van der Waals surface area contributed by atoms with Crippen LogP contribution >= 0.6 is 23.2 Å². The van der Waals surface area contributed by atoms with E-state index in [9.17, 15) is 9.59 Å². The quantitative estimate of drug-likeness (QED) is 0.860. The molecule has 1 aliphatic rings. The fourth-order valence-electron chi connectivity index (χ4n) is 2.45. The fraction of sp³-hybridized carbons (Fsp3) is 0.467. The minimum absolute atomic E-state index is 0.0121. The minimum atomic E-state index is -0.411. The highest BCUT2D eigenvalue weighted by Crippen LogP contribution is 2.30. The highest BCUT2D eigenvalue weighted by Gasteiger charge is 2.35. The van der Waals surface area contributed by atoms with Crippen molar-refractivity contribution in [2.75, 3.05) is 18.1 Å². The van der Waals surface area contributed by atoms with E-state index in [1.54, 1.807) is 18.2 Å². The lowest BCUT2D eigenvalue weighted by atomic mass is 10.1. The second kappa shape index (κ2) is 7.31. The summed E-state index contributed by atoms with van der Waals surface area (Å²) in [5, 5.41) is 12.6. The molecule has 0 radical (unpaired) electrons. The average Bonchev–Trinajstić information content (AvgIpc) is 2.80. The third-order valence-electron chi connectivity index (χ3n) is 3.61. The van der Waals surface area contributed by atoms with Crippen molar-refractivity contribution in [3.8, 4) is 0 Å². The highest BCUT2D eigenvalue weighted by atomic mass is 35.5. The van der Waals surface area contributed by atoms with E-state index < -0.39 is 5.92 Å². The Morgan fingerprint density at radius 1 is 1.41 bits per heavy atom. The molecular weight excluding hydrogens is 327 g/mol. The van der Waals surface area contributed by atoms with E-state index in [2.05, 4.69) is 5.32 Å². The van der Waals surface area contributed by atoms with Crippen LogP contribution in [0.15, 0.2) is 18.2 Å². The molecule has 7 heteroatoms. The molecule has 2 atom stereocenters. The first-order valence-electron chi connectivity index (χ1n) is 7.08. The Kier molecular flexibility index (Phi) is 5.67. The van der Waals surface area contributed by atoms with Gasteiger partial charge in [0.2, 0.25) is 11.8 Å². The van der Waals surface area contributed by atoms with Crippen molar-refractivity contribution in [3.63, 3.8) is 0 Å². The second-order valence-corrected chi connectivity index (χ2v) is 6.33. The van der Waals surface area contributed by atoms with Gasteiger partial charge in [-0.2, -0.15) is 0 Å². The summed E-state index contributed by atoms with van der Waals surface area (Å²) in [7, 11) is 0. The zero-order valence-electron chi connectivity index (χ0n) is 12.2. The van der Waals surface area contributed by atoms with Gasteiger partial charge in [0.25, 0.3) is 0 Å². The number of anilines is 1. The van der Waals surface area contributed by atoms with Crippen LogP contribution in [0.4, 0.5) is 5.69 Å². The number of rotatable bonds is 5. The van der Waals surface area contributed by atoms with E-state index in [4.69, 9.17) is 28.3 Å². The summed E-state index contributed by atoms with van der Waals surface area (Å²) in [5.74, 6) is -0.718. The lowest BCUT2D eigenvalue weighted by Gasteiger charge is -2.18. The van der Waals surface area contributed by atoms with Crippen LogP contribution in [-0.2, 0) is 9.59 Å². The van der Waals surface area contributed by atoms with Gasteiger partial charge in [-0.25, -0.2) is 0 Å². The van der Waals surface area contributed by atoms with Gasteiger partial charge in [-0.3, -0.25) is 9.59 Å². The van der Waals surface area contributed by atoms with E-state index in [1.807, 2.05) is 6.92 Å². The van der Waals surface area contributed by atoms with Crippen molar-refractivity contribution in [3.05, 3.63) is 28.2 Å². The molecule has 2 N–H and O–H groups in total. The SMILES string of the molecule is CC(CCO)NC(=O)C1CC(=O)N(c2cc(Cl)cc(Cl)c2)C1. The van der Waals surface area contributed by atoms with E-state index in [0.29, 0.717) is 28.7 Å². The molecule has 0 bridgehead atoms. The molecule has 1 fully saturated rings. The Hall–Kier alpha value is -1.30. The first-order valence-corrected chi connectivity index (χ1v) is 7.84. The Balaban J connectivity index is 2.05. The van der Waals surface area contributed by atoms with Crippen molar-refractivity contribution < 1.29 is 14.7 Å². The molecule has 2 unspecified atom stereocenters. The monoisotopic (exact) mass is 344 g/mol. The Morgan fingerprint density at radius 2 is 2.05 bits per heavy atom. The Morgan fingerprint density at radius 3 is 2.64 bits per heavy atom. The number of halogens is 2. The lowest BCUT2D eigenvalue weighted by molar-refractivity contribution is -0.126. The molecule has 2 rings (SSSR count). The van der Waals surface area contributed by atoms with Gasteiger partial charge in [-0.15, -0.1) is 0 Å². The predicted octanol–water partition coefficient (Wildman–Crippen LogP) is 2.23. The number of carbonyl (C=O) groups excluding carboxylic acids is 2. The molecule has 22 heavy (non-hydrogen) atoms. The summed E-state index contributed by atoms with van der Waals surface area (Å²) in [6, 6.07) is 4.77. The molecule has 0 spiro atoms. The molecule has 0 saturated carbocycles. The van der Waals surface area contributed by atoms with Crippen LogP contribution in [0.2, 0.25) is 10.0 Å². The largest absolute Gasteiger partial charge is 0.396 e. The van der Waals surface area contributed by atoms with Crippen LogP contribution < -0.4 is 10.2 Å². The van der Waals surface area contributed by atoms with Gasteiger partial charge in [-0.05, 0) is 31.5 Å². The number of hydrogen-bond donors (Lipinski definition) is 2. The van der Waals surface area contributed by atoms with Gasteiger partial charge >= 0.3 is 0 Å². The van der Waals surface area contributed by atoms with Crippen LogP contribution in [0.5, 0.6) is 0 Å². The predicted molar refractivity (Wildman–Crippen MR) is 86.2 cm³/mol. The van der Waals surface area contributed by atoms with Gasteiger partial charge < -0.3 is 15.3 Å². The van der Waals surface area contributed by atoms with Crippen LogP contribution in [0.25, 0.3) is 0 Å². The third kappa shape index (κ3) is 4.12. The minimum Gasteiger partial charge on any atom is -0.396 e. The summed E-state index contributed by atoms with van der Waals surface area (Å²) >= 11 is 11.9. The van der Waals surface area contributed by atoms with Crippen molar-refractivity contribution in [2.24, 2.45) is 5.92 Å². The lowest BCUT2D eigenvalue weighted by Crippen LogP contribution is -2.38. The maximum Gasteiger partial charge on any atom is 0.227 e. The summed E-state index contributed by atoms with van der Waals surface area (Å²) in [4.78, 5) is 25.8. The molecule has 5 nitrogen and oxygen atoms in total. The summed E-state index contributed by atoms with van der Waals surface area (Å²) in [5.41, 5.74) is 0.598. The number of amides is 2. The number of aliphatic hydroxyl groups is 1. The fourth-order valence-corrected chi connectivity index (χ4v) is 2.97. The Labute approximate surface area is 139 Å². The Bertz CT molecular complexity index is 560. The van der Waals surface area contributed by atoms with E-state index in [1.165, 1.54) is 4.90 Å². The van der Waals surface area contributed by atoms with Crippen molar-refractivity contribution in [1.82, 2.24) is 5.32 Å². The molecule has 120 valence electrons. The van der Waals surface area contributed by atoms with Crippen molar-refractivity contribution in [2.45, 2.75) is 25.8 Å². The zero-order valence-corrected chi connectivity index (χ0v) is 13.7. The smallest absolute Gasteiger partial charge is 0.227 e. The molecule has 1 aromatic rings. The van der Waals surface area contributed by atoms with Crippen LogP contribution in [0.3, 0.4) is 0 Å². The first-order chi connectivity index (χ1) is 10.4. The number of nitrogens with zero attached hydrogens (tertiary/aromatic N) is 1. The normalized spacial score (nSPS) is 19.4. The molecule has 1 aromatic carbocycles. The molecule has 1 heterocycles. The molecule has 0 aromatic heterocycles. The number of carbonyl (C=O) groups is 2. The van der Waals surface area contributed by atoms with Gasteiger partial charge in [-0.1, -0.05) is 23.2 Å². The molecular formula is C15H18Cl2N2O3. The standard InChI is InChI=1S/C15H18Cl2N2O3/c1-9(2-3-20)18-15(22)10-4-14(21)19(8-10)13-6-11(16)5-12(17)7-13/h5-7,9-10,20H,2-4,8H2,1H3,(H,18,22). The zero-order chi connectivity index (χ0) is 16.3. The van der Waals surface area contributed by atoms with Gasteiger partial charge in [0.05, 0.1) is 5.92 Å². The second-order valence-electron chi connectivity index (χ2n) is 5.45. The summed E-state index contributed by atoms with van der Waals surface area (Å²) in [6.07, 6.45) is 0.641. The van der Waals surface area contributed by atoms with Crippen LogP contribution in [0.1, 0.15) is 19.8 Å². The number of benzene rings is 1. The maximum atomic E-state index is 12.2. The van der Waals surface area contributed by atoms with Crippen LogP contribution in [-0.4, -0.2) is 36.1 Å². The highest BCUT2D eigenvalue weighted by molar-refractivity contribution is 6.35. The third-order valence-corrected chi connectivity index (χ3v) is 4.04. The average molecular weight is 345 g/mol. The van der Waals surface area contributed by atoms with Gasteiger partial charge in [0.1, 0.15) is 0 Å². The molecule has 0 aliphatic carbocycles. The van der Waals surface area contributed by atoms with E-state index >= 15 is 0 Å². The van der Waals surface area contributed by atoms with Crippen molar-refractivity contribution >= 4 is 40.7 Å². The van der Waals surface area contributed by atoms with Gasteiger partial charge in [0.15, 0.2) is 0 Å². The van der Waals surface area contributed by atoms with Crippen LogP contribution in [0, 0.1) is 5.92 Å². The number of hydrogen-bond acceptors (Lipinski definition) is 3. The van der Waals surface area contributed by atoms with Crippen molar-refractivity contribution in [1.29, 1.82) is 0 Å².